The second-order valence-corrected chi connectivity index (χ2v) is 10.1. The van der Waals surface area contributed by atoms with Crippen molar-refractivity contribution in [3.05, 3.63) is 17.0 Å². The molecule has 0 amide bonds. The highest BCUT2D eigenvalue weighted by atomic mass is 32.2. The van der Waals surface area contributed by atoms with Crippen LogP contribution < -0.4 is 0 Å². The summed E-state index contributed by atoms with van der Waals surface area (Å²) in [5.74, 6) is -0.275. The molecule has 1 fully saturated rings. The lowest BCUT2D eigenvalue weighted by Gasteiger charge is -2.33. The summed E-state index contributed by atoms with van der Waals surface area (Å²) >= 11 is 1.29. The summed E-state index contributed by atoms with van der Waals surface area (Å²) in [6.07, 6.45) is 0. The van der Waals surface area contributed by atoms with Crippen molar-refractivity contribution in [1.29, 1.82) is 0 Å². The fraction of sp³-hybridized carbons (Fsp3) is 0.667. The second kappa shape index (κ2) is 6.88. The second-order valence-electron chi connectivity index (χ2n) is 6.63. The SMILES string of the molecule is Cc1ccc(S(=O)(=O)N2CCN(CC(=O)OC(C)(C)C)CC2)s1. The summed E-state index contributed by atoms with van der Waals surface area (Å²) in [5.41, 5.74) is -0.501. The van der Waals surface area contributed by atoms with Crippen LogP contribution in [0.3, 0.4) is 0 Å². The maximum Gasteiger partial charge on any atom is 0.320 e. The molecule has 0 atom stereocenters. The Labute approximate surface area is 142 Å². The molecule has 8 heteroatoms. The minimum atomic E-state index is -3.41. The monoisotopic (exact) mass is 360 g/mol. The summed E-state index contributed by atoms with van der Waals surface area (Å²) in [6, 6.07) is 3.47. The predicted molar refractivity (Wildman–Crippen MR) is 90.1 cm³/mol. The maximum absolute atomic E-state index is 12.5. The molecule has 130 valence electrons. The number of hydrogen-bond acceptors (Lipinski definition) is 6. The first kappa shape index (κ1) is 18.4. The van der Waals surface area contributed by atoms with Crippen molar-refractivity contribution >= 4 is 27.3 Å². The molecule has 1 aromatic heterocycles. The smallest absolute Gasteiger partial charge is 0.320 e. The molecule has 6 nitrogen and oxygen atoms in total. The van der Waals surface area contributed by atoms with Gasteiger partial charge in [-0.2, -0.15) is 4.31 Å². The Kier molecular flexibility index (Phi) is 5.50. The van der Waals surface area contributed by atoms with Gasteiger partial charge in [0.25, 0.3) is 10.0 Å². The fourth-order valence-corrected chi connectivity index (χ4v) is 5.22. The number of ether oxygens (including phenoxy) is 1. The molecule has 0 unspecified atom stereocenters. The first-order valence-corrected chi connectivity index (χ1v) is 9.84. The van der Waals surface area contributed by atoms with E-state index in [1.165, 1.54) is 15.6 Å². The van der Waals surface area contributed by atoms with Crippen molar-refractivity contribution in [1.82, 2.24) is 9.21 Å². The van der Waals surface area contributed by atoms with E-state index in [1.54, 1.807) is 6.07 Å². The van der Waals surface area contributed by atoms with E-state index in [0.29, 0.717) is 30.4 Å². The van der Waals surface area contributed by atoms with E-state index >= 15 is 0 Å². The zero-order valence-electron chi connectivity index (χ0n) is 14.0. The molecule has 1 saturated heterocycles. The number of piperazine rings is 1. The minimum Gasteiger partial charge on any atom is -0.459 e. The number of aryl methyl sites for hydroxylation is 1. The third kappa shape index (κ3) is 5.00. The normalized spacial score (nSPS) is 18.1. The van der Waals surface area contributed by atoms with E-state index in [0.717, 1.165) is 4.88 Å². The number of rotatable bonds is 4. The van der Waals surface area contributed by atoms with Gasteiger partial charge in [-0.1, -0.05) is 0 Å². The van der Waals surface area contributed by atoms with Crippen molar-refractivity contribution in [2.45, 2.75) is 37.5 Å². The average Bonchev–Trinajstić information content (AvgIpc) is 2.84. The molecule has 0 N–H and O–H groups in total. The van der Waals surface area contributed by atoms with Gasteiger partial charge in [-0.05, 0) is 39.8 Å². The molecule has 0 bridgehead atoms. The summed E-state index contributed by atoms with van der Waals surface area (Å²) in [5, 5.41) is 0. The van der Waals surface area contributed by atoms with Gasteiger partial charge in [-0.3, -0.25) is 9.69 Å². The molecule has 0 aliphatic carbocycles. The highest BCUT2D eigenvalue weighted by Crippen LogP contribution is 2.25. The first-order valence-electron chi connectivity index (χ1n) is 7.59. The highest BCUT2D eigenvalue weighted by molar-refractivity contribution is 7.91. The van der Waals surface area contributed by atoms with Crippen LogP contribution in [0.5, 0.6) is 0 Å². The average molecular weight is 361 g/mol. The van der Waals surface area contributed by atoms with E-state index in [1.807, 2.05) is 38.7 Å². The van der Waals surface area contributed by atoms with Gasteiger partial charge in [0.05, 0.1) is 6.54 Å². The molecule has 0 spiro atoms. The largest absolute Gasteiger partial charge is 0.459 e. The van der Waals surface area contributed by atoms with E-state index in [9.17, 15) is 13.2 Å². The standard InChI is InChI=1S/C15H24N2O4S2/c1-12-5-6-14(22-12)23(19,20)17-9-7-16(8-10-17)11-13(18)21-15(2,3)4/h5-6H,7-11H2,1-4H3. The van der Waals surface area contributed by atoms with Crippen LogP contribution in [-0.4, -0.2) is 61.9 Å². The zero-order chi connectivity index (χ0) is 17.3. The Morgan fingerprint density at radius 2 is 1.83 bits per heavy atom. The highest BCUT2D eigenvalue weighted by Gasteiger charge is 2.30. The van der Waals surface area contributed by atoms with Crippen molar-refractivity contribution in [3.63, 3.8) is 0 Å². The van der Waals surface area contributed by atoms with Gasteiger partial charge >= 0.3 is 5.97 Å². The molecule has 0 radical (unpaired) electrons. The number of thiophene rings is 1. The summed E-state index contributed by atoms with van der Waals surface area (Å²) in [7, 11) is -3.41. The third-order valence-corrected chi connectivity index (χ3v) is 6.78. The predicted octanol–water partition coefficient (Wildman–Crippen LogP) is 1.70. The van der Waals surface area contributed by atoms with Crippen molar-refractivity contribution in [2.75, 3.05) is 32.7 Å². The number of carbonyl (C=O) groups is 1. The van der Waals surface area contributed by atoms with Gasteiger partial charge < -0.3 is 4.74 Å². The van der Waals surface area contributed by atoms with E-state index in [2.05, 4.69) is 0 Å². The zero-order valence-corrected chi connectivity index (χ0v) is 15.7. The molecule has 1 aliphatic rings. The third-order valence-electron chi connectivity index (χ3n) is 3.41. The van der Waals surface area contributed by atoms with Crippen LogP contribution in [0.25, 0.3) is 0 Å². The van der Waals surface area contributed by atoms with Crippen molar-refractivity contribution < 1.29 is 17.9 Å². The quantitative estimate of drug-likeness (QED) is 0.765. The number of carbonyl (C=O) groups excluding carboxylic acids is 1. The van der Waals surface area contributed by atoms with E-state index in [4.69, 9.17) is 4.74 Å². The van der Waals surface area contributed by atoms with Gasteiger partial charge in [0.2, 0.25) is 0 Å². The van der Waals surface area contributed by atoms with Crippen molar-refractivity contribution in [2.24, 2.45) is 0 Å². The number of esters is 1. The Bertz CT molecular complexity index is 653. The number of sulfonamides is 1. The molecule has 0 saturated carbocycles. The lowest BCUT2D eigenvalue weighted by molar-refractivity contribution is -0.156. The van der Waals surface area contributed by atoms with Crippen LogP contribution in [-0.2, 0) is 19.6 Å². The molecular weight excluding hydrogens is 336 g/mol. The number of nitrogens with zero attached hydrogens (tertiary/aromatic N) is 2. The Morgan fingerprint density at radius 3 is 2.30 bits per heavy atom. The molecule has 2 rings (SSSR count). The van der Waals surface area contributed by atoms with Gasteiger partial charge in [0, 0.05) is 31.1 Å². The Hall–Kier alpha value is -0.960. The van der Waals surface area contributed by atoms with Gasteiger partial charge in [0.1, 0.15) is 9.81 Å². The molecule has 2 heterocycles. The van der Waals surface area contributed by atoms with Crippen LogP contribution in [0.2, 0.25) is 0 Å². The molecule has 23 heavy (non-hydrogen) atoms. The van der Waals surface area contributed by atoms with Crippen LogP contribution in [0.4, 0.5) is 0 Å². The molecule has 0 aromatic carbocycles. The lowest BCUT2D eigenvalue weighted by Crippen LogP contribution is -2.50. The Morgan fingerprint density at radius 1 is 1.22 bits per heavy atom. The fourth-order valence-electron chi connectivity index (χ4n) is 2.36. The maximum atomic E-state index is 12.5. The lowest BCUT2D eigenvalue weighted by atomic mass is 10.2. The van der Waals surface area contributed by atoms with Crippen LogP contribution in [0.15, 0.2) is 16.3 Å². The van der Waals surface area contributed by atoms with Gasteiger partial charge in [-0.15, -0.1) is 11.3 Å². The van der Waals surface area contributed by atoms with E-state index < -0.39 is 15.6 Å². The minimum absolute atomic E-state index is 0.198. The molecule has 1 aromatic rings. The Balaban J connectivity index is 1.90. The van der Waals surface area contributed by atoms with Crippen LogP contribution >= 0.6 is 11.3 Å². The molecular formula is C15H24N2O4S2. The summed E-state index contributed by atoms with van der Waals surface area (Å²) in [4.78, 5) is 14.7. The van der Waals surface area contributed by atoms with Gasteiger partial charge in [-0.25, -0.2) is 8.42 Å². The van der Waals surface area contributed by atoms with Crippen molar-refractivity contribution in [3.8, 4) is 0 Å². The summed E-state index contributed by atoms with van der Waals surface area (Å²) in [6.45, 7) is 9.43. The summed E-state index contributed by atoms with van der Waals surface area (Å²) < 4.78 is 32.3. The van der Waals surface area contributed by atoms with Crippen LogP contribution in [0, 0.1) is 6.92 Å². The van der Waals surface area contributed by atoms with Gasteiger partial charge in [0.15, 0.2) is 0 Å². The number of hydrogen-bond donors (Lipinski definition) is 0. The molecule has 1 aliphatic heterocycles. The van der Waals surface area contributed by atoms with E-state index in [-0.39, 0.29) is 12.5 Å². The topological polar surface area (TPSA) is 66.9 Å². The first-order chi connectivity index (χ1) is 10.6. The van der Waals surface area contributed by atoms with Crippen LogP contribution in [0.1, 0.15) is 25.6 Å².